The van der Waals surface area contributed by atoms with E-state index in [1.165, 1.54) is 0 Å². The van der Waals surface area contributed by atoms with E-state index >= 15 is 0 Å². The Morgan fingerprint density at radius 2 is 2.36 bits per heavy atom. The lowest BCUT2D eigenvalue weighted by atomic mass is 9.88. The van der Waals surface area contributed by atoms with Crippen molar-refractivity contribution in [1.82, 2.24) is 25.1 Å². The van der Waals surface area contributed by atoms with E-state index in [-0.39, 0.29) is 11.8 Å². The highest BCUT2D eigenvalue weighted by Gasteiger charge is 2.30. The van der Waals surface area contributed by atoms with E-state index < -0.39 is 0 Å². The molecule has 1 unspecified atom stereocenters. The van der Waals surface area contributed by atoms with Crippen molar-refractivity contribution in [3.8, 4) is 0 Å². The van der Waals surface area contributed by atoms with Gasteiger partial charge in [-0.1, -0.05) is 17.3 Å². The fraction of sp³-hybridized carbons (Fsp3) is 0.600. The van der Waals surface area contributed by atoms with Crippen molar-refractivity contribution >= 4 is 5.91 Å². The molecule has 1 atom stereocenters. The number of hydrogen-bond acceptors (Lipinski definition) is 5. The molecule has 22 heavy (non-hydrogen) atoms. The molecule has 0 saturated carbocycles. The van der Waals surface area contributed by atoms with Crippen molar-refractivity contribution in [3.63, 3.8) is 0 Å². The van der Waals surface area contributed by atoms with Crippen LogP contribution in [0.5, 0.6) is 0 Å². The van der Waals surface area contributed by atoms with Crippen LogP contribution in [0.2, 0.25) is 0 Å². The molecule has 118 valence electrons. The Bertz CT molecular complexity index is 675. The second-order valence-corrected chi connectivity index (χ2v) is 5.88. The fourth-order valence-electron chi connectivity index (χ4n) is 3.07. The number of hydrogen-bond donors (Lipinski definition) is 0. The van der Waals surface area contributed by atoms with Crippen LogP contribution in [0.4, 0.5) is 0 Å². The summed E-state index contributed by atoms with van der Waals surface area (Å²) in [4.78, 5) is 14.5. The number of amides is 1. The van der Waals surface area contributed by atoms with Crippen LogP contribution in [0.1, 0.15) is 36.0 Å². The van der Waals surface area contributed by atoms with Crippen LogP contribution in [0.15, 0.2) is 10.8 Å². The van der Waals surface area contributed by atoms with Crippen molar-refractivity contribution in [2.24, 2.45) is 13.0 Å². The fourth-order valence-corrected chi connectivity index (χ4v) is 3.07. The summed E-state index contributed by atoms with van der Waals surface area (Å²) in [6, 6.07) is 0. The Morgan fingerprint density at radius 1 is 1.55 bits per heavy atom. The van der Waals surface area contributed by atoms with Crippen molar-refractivity contribution < 1.29 is 9.32 Å². The number of nitrogens with zero attached hydrogens (tertiary/aromatic N) is 5. The first-order chi connectivity index (χ1) is 10.6. The standard InChI is InChI=1S/C15H21N5O2/c1-4-12-11(9-22-17-12)8-19(2)15(21)10-5-6-13-14(7-10)20(3)18-16-13/h9-10H,4-8H2,1-3H3. The monoisotopic (exact) mass is 303 g/mol. The van der Waals surface area contributed by atoms with Gasteiger partial charge in [0.15, 0.2) is 0 Å². The van der Waals surface area contributed by atoms with Crippen molar-refractivity contribution in [2.75, 3.05) is 7.05 Å². The zero-order valence-corrected chi connectivity index (χ0v) is 13.2. The predicted octanol–water partition coefficient (Wildman–Crippen LogP) is 1.13. The average Bonchev–Trinajstić information content (AvgIpc) is 3.13. The van der Waals surface area contributed by atoms with Gasteiger partial charge < -0.3 is 9.42 Å². The molecule has 0 bridgehead atoms. The Balaban J connectivity index is 1.68. The minimum atomic E-state index is -0.000336. The third-order valence-electron chi connectivity index (χ3n) is 4.39. The molecule has 1 amide bonds. The van der Waals surface area contributed by atoms with Gasteiger partial charge in [0.05, 0.1) is 23.6 Å². The molecule has 0 fully saturated rings. The Labute approximate surface area is 129 Å². The van der Waals surface area contributed by atoms with Gasteiger partial charge in [0.25, 0.3) is 0 Å². The molecule has 0 saturated heterocycles. The second kappa shape index (κ2) is 5.90. The molecular weight excluding hydrogens is 282 g/mol. The van der Waals surface area contributed by atoms with E-state index in [2.05, 4.69) is 15.5 Å². The number of aryl methyl sites for hydroxylation is 3. The third kappa shape index (κ3) is 2.63. The molecule has 2 aromatic rings. The lowest BCUT2D eigenvalue weighted by Crippen LogP contribution is -2.35. The molecule has 1 aliphatic rings. The molecule has 0 aromatic carbocycles. The van der Waals surface area contributed by atoms with Gasteiger partial charge in [-0.15, -0.1) is 5.10 Å². The number of carbonyl (C=O) groups is 1. The topological polar surface area (TPSA) is 77.1 Å². The molecule has 2 heterocycles. The summed E-state index contributed by atoms with van der Waals surface area (Å²) in [5, 5.41) is 12.1. The maximum Gasteiger partial charge on any atom is 0.226 e. The van der Waals surface area contributed by atoms with Crippen molar-refractivity contribution in [3.05, 3.63) is 28.9 Å². The largest absolute Gasteiger partial charge is 0.364 e. The van der Waals surface area contributed by atoms with Gasteiger partial charge in [-0.2, -0.15) is 0 Å². The first-order valence-electron chi connectivity index (χ1n) is 7.64. The predicted molar refractivity (Wildman–Crippen MR) is 78.9 cm³/mol. The maximum atomic E-state index is 12.7. The van der Waals surface area contributed by atoms with Gasteiger partial charge in [0.1, 0.15) is 6.26 Å². The Kier molecular flexibility index (Phi) is 3.96. The second-order valence-electron chi connectivity index (χ2n) is 5.88. The van der Waals surface area contributed by atoms with E-state index in [0.29, 0.717) is 13.0 Å². The lowest BCUT2D eigenvalue weighted by Gasteiger charge is -2.26. The van der Waals surface area contributed by atoms with Gasteiger partial charge in [0.2, 0.25) is 5.91 Å². The Morgan fingerprint density at radius 3 is 3.14 bits per heavy atom. The number of rotatable bonds is 4. The van der Waals surface area contributed by atoms with Crippen molar-refractivity contribution in [1.29, 1.82) is 0 Å². The number of aromatic nitrogens is 4. The van der Waals surface area contributed by atoms with Crippen LogP contribution in [0.3, 0.4) is 0 Å². The zero-order chi connectivity index (χ0) is 15.7. The molecule has 2 aromatic heterocycles. The third-order valence-corrected chi connectivity index (χ3v) is 4.39. The maximum absolute atomic E-state index is 12.7. The molecule has 0 aliphatic heterocycles. The highest BCUT2D eigenvalue weighted by Crippen LogP contribution is 2.25. The summed E-state index contributed by atoms with van der Waals surface area (Å²) in [5.74, 6) is 0.162. The molecule has 0 spiro atoms. The molecule has 3 rings (SSSR count). The van der Waals surface area contributed by atoms with E-state index in [9.17, 15) is 4.79 Å². The van der Waals surface area contributed by atoms with Gasteiger partial charge in [-0.25, -0.2) is 0 Å². The highest BCUT2D eigenvalue weighted by atomic mass is 16.5. The minimum Gasteiger partial charge on any atom is -0.364 e. The lowest BCUT2D eigenvalue weighted by molar-refractivity contribution is -0.135. The SMILES string of the molecule is CCc1nocc1CN(C)C(=O)C1CCc2nnn(C)c2C1. The average molecular weight is 303 g/mol. The first kappa shape index (κ1) is 14.7. The van der Waals surface area contributed by atoms with Crippen LogP contribution in [-0.2, 0) is 37.6 Å². The molecule has 7 heteroatoms. The molecule has 0 radical (unpaired) electrons. The highest BCUT2D eigenvalue weighted by molar-refractivity contribution is 5.79. The van der Waals surface area contributed by atoms with Crippen molar-refractivity contribution in [2.45, 2.75) is 39.2 Å². The van der Waals surface area contributed by atoms with Gasteiger partial charge in [-0.05, 0) is 19.3 Å². The molecule has 7 nitrogen and oxygen atoms in total. The van der Waals surface area contributed by atoms with E-state index in [4.69, 9.17) is 4.52 Å². The summed E-state index contributed by atoms with van der Waals surface area (Å²) in [7, 11) is 3.72. The van der Waals surface area contributed by atoms with Crippen LogP contribution in [-0.4, -0.2) is 38.0 Å². The summed E-state index contributed by atoms with van der Waals surface area (Å²) < 4.78 is 6.79. The molecule has 1 aliphatic carbocycles. The van der Waals surface area contributed by atoms with E-state index in [1.54, 1.807) is 15.8 Å². The normalized spacial score (nSPS) is 17.3. The van der Waals surface area contributed by atoms with Crippen LogP contribution >= 0.6 is 0 Å². The van der Waals surface area contributed by atoms with Crippen LogP contribution in [0, 0.1) is 5.92 Å². The minimum absolute atomic E-state index is 0.000336. The summed E-state index contributed by atoms with van der Waals surface area (Å²) in [6.07, 6.45) is 4.81. The number of carbonyl (C=O) groups excluding carboxylic acids is 1. The van der Waals surface area contributed by atoms with Gasteiger partial charge >= 0.3 is 0 Å². The van der Waals surface area contributed by atoms with E-state index in [0.717, 1.165) is 41.9 Å². The van der Waals surface area contributed by atoms with Crippen LogP contribution in [0.25, 0.3) is 0 Å². The van der Waals surface area contributed by atoms with Crippen LogP contribution < -0.4 is 0 Å². The van der Waals surface area contributed by atoms with E-state index in [1.807, 2.05) is 21.0 Å². The number of fused-ring (bicyclic) bond motifs is 1. The smallest absolute Gasteiger partial charge is 0.226 e. The quantitative estimate of drug-likeness (QED) is 0.846. The van der Waals surface area contributed by atoms with Gasteiger partial charge in [0, 0.05) is 32.0 Å². The summed E-state index contributed by atoms with van der Waals surface area (Å²) in [5.41, 5.74) is 4.01. The van der Waals surface area contributed by atoms with Gasteiger partial charge in [-0.3, -0.25) is 9.48 Å². The first-order valence-corrected chi connectivity index (χ1v) is 7.64. The zero-order valence-electron chi connectivity index (χ0n) is 13.2. The summed E-state index contributed by atoms with van der Waals surface area (Å²) in [6.45, 7) is 2.57. The molecule has 0 N–H and O–H groups in total. The Hall–Kier alpha value is -2.18. The molecular formula is C15H21N5O2. The summed E-state index contributed by atoms with van der Waals surface area (Å²) >= 11 is 0.